The van der Waals surface area contributed by atoms with Crippen LogP contribution in [0.1, 0.15) is 15.9 Å². The summed E-state index contributed by atoms with van der Waals surface area (Å²) in [4.78, 5) is 14.0. The first-order chi connectivity index (χ1) is 8.36. The van der Waals surface area contributed by atoms with Crippen molar-refractivity contribution in [3.05, 3.63) is 71.7 Å². The number of fused-ring (bicyclic) bond motifs is 1. The molecule has 1 amide bonds. The Morgan fingerprint density at radius 2 is 2.06 bits per heavy atom. The summed E-state index contributed by atoms with van der Waals surface area (Å²) in [5.41, 5.74) is 2.81. The third-order valence-electron chi connectivity index (χ3n) is 2.94. The predicted octanol–water partition coefficient (Wildman–Crippen LogP) is 2.16. The second-order valence-electron chi connectivity index (χ2n) is 4.00. The number of hydrogen-bond acceptors (Lipinski definition) is 2. The number of benzene rings is 1. The van der Waals surface area contributed by atoms with Gasteiger partial charge in [-0.15, -0.1) is 0 Å². The zero-order chi connectivity index (χ0) is 11.7. The summed E-state index contributed by atoms with van der Waals surface area (Å²) in [6.07, 6.45) is 9.39. The normalized spacial score (nSPS) is 17.5. The van der Waals surface area contributed by atoms with E-state index in [1.54, 1.807) is 4.90 Å². The van der Waals surface area contributed by atoms with Crippen LogP contribution in [0.4, 0.5) is 0 Å². The largest absolute Gasteiger partial charge is 0.368 e. The van der Waals surface area contributed by atoms with Gasteiger partial charge in [0.05, 0.1) is 6.54 Å². The molecule has 0 unspecified atom stereocenters. The number of amides is 1. The van der Waals surface area contributed by atoms with E-state index in [0.29, 0.717) is 6.54 Å². The fraction of sp³-hybridized carbons (Fsp3) is 0.0714. The highest BCUT2D eigenvalue weighted by molar-refractivity contribution is 5.99. The van der Waals surface area contributed by atoms with Gasteiger partial charge in [-0.2, -0.15) is 0 Å². The number of carbonyl (C=O) groups is 1. The zero-order valence-corrected chi connectivity index (χ0v) is 9.26. The molecule has 0 radical (unpaired) electrons. The Hall–Kier alpha value is -2.29. The van der Waals surface area contributed by atoms with E-state index in [2.05, 4.69) is 5.32 Å². The monoisotopic (exact) mass is 224 g/mol. The van der Waals surface area contributed by atoms with Gasteiger partial charge in [0.25, 0.3) is 5.91 Å². The zero-order valence-electron chi connectivity index (χ0n) is 9.26. The molecule has 0 bridgehead atoms. The molecule has 2 aliphatic rings. The third-order valence-corrected chi connectivity index (χ3v) is 2.94. The lowest BCUT2D eigenvalue weighted by Crippen LogP contribution is -2.22. The summed E-state index contributed by atoms with van der Waals surface area (Å²) in [5.74, 6) is 0.0757. The Balaban J connectivity index is 1.96. The molecule has 1 N–H and O–H groups in total. The van der Waals surface area contributed by atoms with Gasteiger partial charge in [-0.25, -0.2) is 0 Å². The lowest BCUT2D eigenvalue weighted by molar-refractivity contribution is 0.0831. The first kappa shape index (κ1) is 9.90. The summed E-state index contributed by atoms with van der Waals surface area (Å²) in [6.45, 7) is 0.652. The average Bonchev–Trinajstić information content (AvgIpc) is 2.57. The fourth-order valence-electron chi connectivity index (χ4n) is 2.09. The van der Waals surface area contributed by atoms with E-state index in [1.807, 2.05) is 54.9 Å². The van der Waals surface area contributed by atoms with Gasteiger partial charge in [-0.05, 0) is 29.9 Å². The van der Waals surface area contributed by atoms with E-state index in [9.17, 15) is 4.79 Å². The Morgan fingerprint density at radius 3 is 2.94 bits per heavy atom. The van der Waals surface area contributed by atoms with Gasteiger partial charge in [0.15, 0.2) is 0 Å². The number of rotatable bonds is 1. The number of carbonyl (C=O) groups excluding carboxylic acids is 1. The molecule has 0 aliphatic carbocycles. The van der Waals surface area contributed by atoms with Gasteiger partial charge in [-0.1, -0.05) is 18.2 Å². The van der Waals surface area contributed by atoms with Crippen LogP contribution in [0.5, 0.6) is 0 Å². The second-order valence-corrected chi connectivity index (χ2v) is 4.00. The SMILES string of the molecule is O=C1c2ccccc2CN1C1=CC=CNC=C1. The predicted molar refractivity (Wildman–Crippen MR) is 65.8 cm³/mol. The number of allylic oxidation sites excluding steroid dienone is 3. The van der Waals surface area contributed by atoms with Crippen molar-refractivity contribution in [1.82, 2.24) is 10.2 Å². The first-order valence-corrected chi connectivity index (χ1v) is 5.55. The van der Waals surface area contributed by atoms with Crippen molar-refractivity contribution in [2.75, 3.05) is 0 Å². The van der Waals surface area contributed by atoms with Gasteiger partial charge < -0.3 is 10.2 Å². The van der Waals surface area contributed by atoms with E-state index < -0.39 is 0 Å². The summed E-state index contributed by atoms with van der Waals surface area (Å²) in [5, 5.41) is 2.99. The molecule has 1 aromatic rings. The molecule has 3 rings (SSSR count). The Morgan fingerprint density at radius 1 is 1.18 bits per heavy atom. The minimum atomic E-state index is 0.0757. The van der Waals surface area contributed by atoms with E-state index in [4.69, 9.17) is 0 Å². The van der Waals surface area contributed by atoms with Crippen molar-refractivity contribution in [1.29, 1.82) is 0 Å². The summed E-state index contributed by atoms with van der Waals surface area (Å²) in [7, 11) is 0. The van der Waals surface area contributed by atoms with Crippen molar-refractivity contribution < 1.29 is 4.79 Å². The van der Waals surface area contributed by atoms with E-state index in [0.717, 1.165) is 16.8 Å². The summed E-state index contributed by atoms with van der Waals surface area (Å²) >= 11 is 0. The Kier molecular flexibility index (Phi) is 2.29. The van der Waals surface area contributed by atoms with Crippen molar-refractivity contribution in [3.8, 4) is 0 Å². The molecule has 2 heterocycles. The first-order valence-electron chi connectivity index (χ1n) is 5.55. The van der Waals surface area contributed by atoms with E-state index in [1.165, 1.54) is 0 Å². The van der Waals surface area contributed by atoms with E-state index in [-0.39, 0.29) is 5.91 Å². The smallest absolute Gasteiger partial charge is 0.258 e. The molecule has 3 heteroatoms. The molecule has 0 fully saturated rings. The maximum atomic E-state index is 12.2. The highest BCUT2D eigenvalue weighted by atomic mass is 16.2. The van der Waals surface area contributed by atoms with Gasteiger partial charge >= 0.3 is 0 Å². The van der Waals surface area contributed by atoms with Crippen LogP contribution in [0.3, 0.4) is 0 Å². The highest BCUT2D eigenvalue weighted by Gasteiger charge is 2.28. The maximum absolute atomic E-state index is 12.2. The molecule has 0 spiro atoms. The van der Waals surface area contributed by atoms with Crippen molar-refractivity contribution >= 4 is 5.91 Å². The second kappa shape index (κ2) is 3.94. The van der Waals surface area contributed by atoms with Crippen LogP contribution < -0.4 is 5.32 Å². The van der Waals surface area contributed by atoms with Crippen LogP contribution in [0, 0.1) is 0 Å². The highest BCUT2D eigenvalue weighted by Crippen LogP contribution is 2.26. The Bertz CT molecular complexity index is 555. The number of nitrogens with zero attached hydrogens (tertiary/aromatic N) is 1. The molecule has 0 aromatic heterocycles. The van der Waals surface area contributed by atoms with Gasteiger partial charge in [0.2, 0.25) is 0 Å². The topological polar surface area (TPSA) is 32.3 Å². The number of nitrogens with one attached hydrogen (secondary N) is 1. The van der Waals surface area contributed by atoms with Crippen molar-refractivity contribution in [2.24, 2.45) is 0 Å². The quantitative estimate of drug-likeness (QED) is 0.792. The van der Waals surface area contributed by atoms with Gasteiger partial charge in [-0.3, -0.25) is 4.79 Å². The van der Waals surface area contributed by atoms with Crippen LogP contribution in [-0.4, -0.2) is 10.8 Å². The third kappa shape index (κ3) is 1.65. The molecule has 84 valence electrons. The van der Waals surface area contributed by atoms with Crippen LogP contribution in [0.15, 0.2) is 60.6 Å². The van der Waals surface area contributed by atoms with Gasteiger partial charge in [0.1, 0.15) is 0 Å². The minimum absolute atomic E-state index is 0.0757. The van der Waals surface area contributed by atoms with E-state index >= 15 is 0 Å². The molecule has 3 nitrogen and oxygen atoms in total. The molecule has 0 saturated heterocycles. The van der Waals surface area contributed by atoms with Crippen LogP contribution in [0.25, 0.3) is 0 Å². The summed E-state index contributed by atoms with van der Waals surface area (Å²) < 4.78 is 0. The van der Waals surface area contributed by atoms with Crippen molar-refractivity contribution in [3.63, 3.8) is 0 Å². The fourth-order valence-corrected chi connectivity index (χ4v) is 2.09. The van der Waals surface area contributed by atoms with Crippen LogP contribution >= 0.6 is 0 Å². The molecule has 17 heavy (non-hydrogen) atoms. The Labute approximate surface area is 99.7 Å². The average molecular weight is 224 g/mol. The molecular formula is C14H12N2O. The molecule has 1 aromatic carbocycles. The molecule has 0 saturated carbocycles. The van der Waals surface area contributed by atoms with Crippen LogP contribution in [-0.2, 0) is 6.54 Å². The number of hydrogen-bond donors (Lipinski definition) is 1. The lowest BCUT2D eigenvalue weighted by atomic mass is 10.1. The van der Waals surface area contributed by atoms with Crippen LogP contribution in [0.2, 0.25) is 0 Å². The lowest BCUT2D eigenvalue weighted by Gasteiger charge is -2.16. The molecule has 0 atom stereocenters. The molecular weight excluding hydrogens is 212 g/mol. The molecule has 2 aliphatic heterocycles. The van der Waals surface area contributed by atoms with Crippen molar-refractivity contribution in [2.45, 2.75) is 6.54 Å². The van der Waals surface area contributed by atoms with Gasteiger partial charge in [0, 0.05) is 23.7 Å². The summed E-state index contributed by atoms with van der Waals surface area (Å²) in [6, 6.07) is 7.75. The maximum Gasteiger partial charge on any atom is 0.258 e. The standard InChI is InChI=1S/C14H12N2O/c17-14-13-6-2-1-4-11(13)10-16(14)12-5-3-8-15-9-7-12/h1-9,15H,10H2. The minimum Gasteiger partial charge on any atom is -0.368 e.